The van der Waals surface area contributed by atoms with Crippen LogP contribution in [0.3, 0.4) is 0 Å². The van der Waals surface area contributed by atoms with Gasteiger partial charge >= 0.3 is 0 Å². The minimum atomic E-state index is -0.280. The summed E-state index contributed by atoms with van der Waals surface area (Å²) in [5, 5.41) is 14.0. The van der Waals surface area contributed by atoms with E-state index >= 15 is 0 Å². The average Bonchev–Trinajstić information content (AvgIpc) is 3.20. The number of nitrogens with one attached hydrogen (secondary N) is 3. The summed E-state index contributed by atoms with van der Waals surface area (Å²) in [4.78, 5) is 24.9. The molecule has 0 spiro atoms. The minimum absolute atomic E-state index is 0.0669. The molecule has 1 amide bonds. The number of halogens is 1. The van der Waals surface area contributed by atoms with E-state index in [0.29, 0.717) is 34.4 Å². The first-order chi connectivity index (χ1) is 13.8. The Kier molecular flexibility index (Phi) is 5.77. The van der Waals surface area contributed by atoms with E-state index in [-0.39, 0.29) is 18.0 Å². The predicted molar refractivity (Wildman–Crippen MR) is 117 cm³/mol. The Morgan fingerprint density at radius 1 is 1.41 bits per heavy atom. The van der Waals surface area contributed by atoms with Gasteiger partial charge in [0, 0.05) is 18.6 Å². The van der Waals surface area contributed by atoms with Crippen LogP contribution in [0.5, 0.6) is 0 Å². The Bertz CT molecular complexity index is 833. The van der Waals surface area contributed by atoms with E-state index in [9.17, 15) is 9.59 Å². The van der Waals surface area contributed by atoms with Crippen molar-refractivity contribution in [2.75, 3.05) is 18.4 Å². The first-order valence-electron chi connectivity index (χ1n) is 10.8. The van der Waals surface area contributed by atoms with Crippen LogP contribution in [0, 0.1) is 23.2 Å². The Morgan fingerprint density at radius 3 is 2.86 bits per heavy atom. The van der Waals surface area contributed by atoms with Crippen molar-refractivity contribution in [2.45, 2.75) is 65.1 Å². The number of hydrogen-bond donors (Lipinski definition) is 3. The summed E-state index contributed by atoms with van der Waals surface area (Å²) in [6.45, 7) is 8.60. The van der Waals surface area contributed by atoms with Crippen LogP contribution in [0.4, 0.5) is 5.69 Å². The third-order valence-electron chi connectivity index (χ3n) is 7.68. The van der Waals surface area contributed by atoms with Crippen molar-refractivity contribution in [1.29, 1.82) is 0 Å². The fourth-order valence-corrected chi connectivity index (χ4v) is 6.00. The van der Waals surface area contributed by atoms with Crippen molar-refractivity contribution < 1.29 is 4.79 Å². The molecule has 1 aromatic heterocycles. The molecule has 0 radical (unpaired) electrons. The van der Waals surface area contributed by atoms with Crippen molar-refractivity contribution >= 4 is 27.5 Å². The van der Waals surface area contributed by atoms with Gasteiger partial charge in [-0.25, -0.2) is 4.68 Å². The van der Waals surface area contributed by atoms with Gasteiger partial charge in [0.25, 0.3) is 5.56 Å². The second kappa shape index (κ2) is 8.02. The largest absolute Gasteiger partial charge is 0.380 e. The zero-order chi connectivity index (χ0) is 20.8. The molecule has 3 N–H and O–H groups in total. The Morgan fingerprint density at radius 2 is 2.21 bits per heavy atom. The first kappa shape index (κ1) is 20.8. The van der Waals surface area contributed by atoms with Gasteiger partial charge in [0.05, 0.1) is 11.9 Å². The topological polar surface area (TPSA) is 88.1 Å². The number of hydrogen-bond acceptors (Lipinski definition) is 5. The molecule has 4 aliphatic rings. The van der Waals surface area contributed by atoms with E-state index in [1.165, 1.54) is 11.1 Å². The zero-order valence-corrected chi connectivity index (χ0v) is 19.1. The van der Waals surface area contributed by atoms with Gasteiger partial charge < -0.3 is 16.0 Å². The fraction of sp³-hybridized carbons (Fsp3) is 0.762. The number of aromatic nitrogens is 2. The number of fused-ring (bicyclic) bond motifs is 2. The van der Waals surface area contributed by atoms with Crippen molar-refractivity contribution in [3.05, 3.63) is 21.0 Å². The smallest absolute Gasteiger partial charge is 0.283 e. The summed E-state index contributed by atoms with van der Waals surface area (Å²) in [7, 11) is 0. The lowest BCUT2D eigenvalue weighted by atomic mass is 9.45. The molecule has 160 valence electrons. The molecule has 2 heterocycles. The highest BCUT2D eigenvalue weighted by atomic mass is 79.9. The molecule has 4 fully saturated rings. The van der Waals surface area contributed by atoms with Gasteiger partial charge in [0.1, 0.15) is 11.0 Å². The van der Waals surface area contributed by atoms with Gasteiger partial charge in [0.2, 0.25) is 5.91 Å². The molecule has 1 aromatic rings. The predicted octanol–water partition coefficient (Wildman–Crippen LogP) is 2.36. The fourth-order valence-electron chi connectivity index (χ4n) is 5.58. The van der Waals surface area contributed by atoms with Crippen LogP contribution in [0.2, 0.25) is 0 Å². The molecule has 5 rings (SSSR count). The highest BCUT2D eigenvalue weighted by molar-refractivity contribution is 9.10. The Balaban J connectivity index is 1.37. The molecule has 8 heteroatoms. The van der Waals surface area contributed by atoms with Crippen molar-refractivity contribution in [3.8, 4) is 0 Å². The van der Waals surface area contributed by atoms with Crippen LogP contribution in [0.25, 0.3) is 0 Å². The second-order valence-corrected chi connectivity index (χ2v) is 10.4. The van der Waals surface area contributed by atoms with Crippen LogP contribution in [-0.4, -0.2) is 40.9 Å². The maximum atomic E-state index is 12.7. The molecule has 7 nitrogen and oxygen atoms in total. The lowest BCUT2D eigenvalue weighted by Crippen LogP contribution is -2.58. The highest BCUT2D eigenvalue weighted by Crippen LogP contribution is 2.61. The van der Waals surface area contributed by atoms with Crippen LogP contribution >= 0.6 is 15.9 Å². The molecule has 5 atom stereocenters. The quantitative estimate of drug-likeness (QED) is 0.599. The lowest BCUT2D eigenvalue weighted by molar-refractivity contribution is -0.122. The molecule has 1 aliphatic heterocycles. The van der Waals surface area contributed by atoms with Gasteiger partial charge in [-0.2, -0.15) is 5.10 Å². The number of rotatable bonds is 6. The molecular weight excluding hydrogens is 434 g/mol. The van der Waals surface area contributed by atoms with E-state index in [4.69, 9.17) is 0 Å². The third kappa shape index (κ3) is 3.98. The second-order valence-electron chi connectivity index (χ2n) is 9.64. The van der Waals surface area contributed by atoms with Crippen LogP contribution in [0.15, 0.2) is 15.5 Å². The highest BCUT2D eigenvalue weighted by Gasteiger charge is 2.56. The number of carbonyl (C=O) groups excluding carboxylic acids is 1. The lowest BCUT2D eigenvalue weighted by Gasteiger charge is -2.62. The molecule has 3 aliphatic carbocycles. The van der Waals surface area contributed by atoms with E-state index < -0.39 is 0 Å². The molecular formula is C21H32BrN5O2. The number of carbonyl (C=O) groups is 1. The van der Waals surface area contributed by atoms with Crippen LogP contribution in [-0.2, 0) is 11.3 Å². The molecule has 2 bridgehead atoms. The maximum absolute atomic E-state index is 12.7. The summed E-state index contributed by atoms with van der Waals surface area (Å²) >= 11 is 3.43. The van der Waals surface area contributed by atoms with E-state index in [2.05, 4.69) is 57.8 Å². The van der Waals surface area contributed by atoms with E-state index in [0.717, 1.165) is 43.3 Å². The Hall–Kier alpha value is -1.41. The molecule has 3 saturated carbocycles. The van der Waals surface area contributed by atoms with E-state index in [1.807, 2.05) is 0 Å². The summed E-state index contributed by atoms with van der Waals surface area (Å²) in [6, 6.07) is 0.679. The van der Waals surface area contributed by atoms with Gasteiger partial charge in [-0.3, -0.25) is 9.59 Å². The number of nitrogens with zero attached hydrogens (tertiary/aromatic N) is 2. The zero-order valence-electron chi connectivity index (χ0n) is 17.5. The minimum Gasteiger partial charge on any atom is -0.380 e. The van der Waals surface area contributed by atoms with Crippen molar-refractivity contribution in [1.82, 2.24) is 20.4 Å². The first-order valence-corrected chi connectivity index (χ1v) is 11.6. The molecule has 2 unspecified atom stereocenters. The number of anilines is 1. The monoisotopic (exact) mass is 465 g/mol. The SMILES string of the molecule is C[C@@H]1C2CC(C[C@H]1Nc1cnn(CC(=O)NC[C@H]3CCCN3)c(=O)c1Br)C2(C)C. The van der Waals surface area contributed by atoms with Gasteiger partial charge in [-0.1, -0.05) is 20.8 Å². The van der Waals surface area contributed by atoms with Crippen molar-refractivity contribution in [2.24, 2.45) is 23.2 Å². The summed E-state index contributed by atoms with van der Waals surface area (Å²) in [5.74, 6) is 1.83. The summed E-state index contributed by atoms with van der Waals surface area (Å²) in [5.41, 5.74) is 0.869. The van der Waals surface area contributed by atoms with Gasteiger partial charge in [-0.05, 0) is 71.3 Å². The summed E-state index contributed by atoms with van der Waals surface area (Å²) in [6.07, 6.45) is 6.32. The van der Waals surface area contributed by atoms with Crippen LogP contribution in [0.1, 0.15) is 46.5 Å². The molecule has 1 saturated heterocycles. The third-order valence-corrected chi connectivity index (χ3v) is 8.45. The Labute approximate surface area is 180 Å². The van der Waals surface area contributed by atoms with Crippen LogP contribution < -0.4 is 21.5 Å². The van der Waals surface area contributed by atoms with Gasteiger partial charge in [-0.15, -0.1) is 0 Å². The van der Waals surface area contributed by atoms with E-state index in [1.54, 1.807) is 6.20 Å². The molecule has 29 heavy (non-hydrogen) atoms. The maximum Gasteiger partial charge on any atom is 0.283 e. The van der Waals surface area contributed by atoms with Crippen molar-refractivity contribution in [3.63, 3.8) is 0 Å². The normalized spacial score (nSPS) is 32.5. The number of amides is 1. The molecule has 0 aromatic carbocycles. The summed E-state index contributed by atoms with van der Waals surface area (Å²) < 4.78 is 1.67. The average molecular weight is 466 g/mol. The standard InChI is InChI=1S/C21H32BrN5O2/c1-12-15-7-13(21(15,2)3)8-16(12)26-17-10-25-27(20(29)19(17)22)11-18(28)24-9-14-5-4-6-23-14/h10,12-16,23,26H,4-9,11H2,1-3H3,(H,24,28)/t12-,13?,14-,15?,16-/m1/s1. The van der Waals surface area contributed by atoms with Gasteiger partial charge in [0.15, 0.2) is 0 Å².